The number of alkyl halides is 1. The van der Waals surface area contributed by atoms with Gasteiger partial charge in [-0.25, -0.2) is 4.39 Å². The van der Waals surface area contributed by atoms with Gasteiger partial charge in [0.1, 0.15) is 6.17 Å². The lowest BCUT2D eigenvalue weighted by molar-refractivity contribution is 0.236. The Kier molecular flexibility index (Phi) is 3.05. The maximum absolute atomic E-state index is 13.1. The van der Waals surface area contributed by atoms with Gasteiger partial charge in [-0.1, -0.05) is 4.49 Å². The molecule has 0 saturated carbocycles. The molecule has 2 atom stereocenters. The number of nitrogens with zero attached hydrogens (tertiary/aromatic N) is 3. The molecular formula is C8H13FN4S. The third-order valence-electron chi connectivity index (χ3n) is 2.52. The minimum Gasteiger partial charge on any atom is -0.329 e. The van der Waals surface area contributed by atoms with Gasteiger partial charge >= 0.3 is 0 Å². The van der Waals surface area contributed by atoms with E-state index in [4.69, 9.17) is 5.73 Å². The van der Waals surface area contributed by atoms with Crippen molar-refractivity contribution in [3.05, 3.63) is 11.1 Å². The zero-order valence-corrected chi connectivity index (χ0v) is 8.58. The number of rotatable bonds is 3. The van der Waals surface area contributed by atoms with E-state index in [0.29, 0.717) is 26.1 Å². The van der Waals surface area contributed by atoms with Gasteiger partial charge in [0.25, 0.3) is 0 Å². The fraction of sp³-hybridized carbons (Fsp3) is 0.750. The normalized spacial score (nSPS) is 28.4. The number of hydrogen-bond acceptors (Lipinski definition) is 5. The molecule has 2 N–H and O–H groups in total. The molecule has 0 unspecified atom stereocenters. The lowest BCUT2D eigenvalue weighted by Crippen LogP contribution is -2.35. The van der Waals surface area contributed by atoms with Crippen molar-refractivity contribution in [2.24, 2.45) is 5.73 Å². The first-order valence-corrected chi connectivity index (χ1v) is 5.47. The molecule has 1 aromatic rings. The first-order valence-electron chi connectivity index (χ1n) is 4.63. The van der Waals surface area contributed by atoms with Crippen molar-refractivity contribution >= 4 is 11.5 Å². The van der Waals surface area contributed by atoms with Gasteiger partial charge in [0, 0.05) is 31.1 Å². The predicted octanol–water partition coefficient (Wildman–Crippen LogP) is 0.409. The van der Waals surface area contributed by atoms with Crippen LogP contribution in [0.15, 0.2) is 5.38 Å². The summed E-state index contributed by atoms with van der Waals surface area (Å²) in [5, 5.41) is 5.83. The molecule has 1 saturated heterocycles. The molecule has 6 heteroatoms. The summed E-state index contributed by atoms with van der Waals surface area (Å²) >= 11 is 1.32. The summed E-state index contributed by atoms with van der Waals surface area (Å²) in [6, 6.07) is 0.159. The van der Waals surface area contributed by atoms with Crippen molar-refractivity contribution in [1.82, 2.24) is 14.5 Å². The molecule has 2 rings (SSSR count). The van der Waals surface area contributed by atoms with Gasteiger partial charge in [-0.2, -0.15) is 0 Å². The van der Waals surface area contributed by atoms with E-state index in [9.17, 15) is 4.39 Å². The average molecular weight is 216 g/mol. The lowest BCUT2D eigenvalue weighted by atomic mass is 10.2. The summed E-state index contributed by atoms with van der Waals surface area (Å²) in [5.74, 6) is 0. The lowest BCUT2D eigenvalue weighted by Gasteiger charge is -2.20. The summed E-state index contributed by atoms with van der Waals surface area (Å²) in [7, 11) is 0. The number of likely N-dealkylation sites (tertiary alicyclic amines) is 1. The van der Waals surface area contributed by atoms with Crippen molar-refractivity contribution in [1.29, 1.82) is 0 Å². The molecule has 0 bridgehead atoms. The Balaban J connectivity index is 1.97. The van der Waals surface area contributed by atoms with Gasteiger partial charge in [0.2, 0.25) is 0 Å². The molecule has 1 fully saturated rings. The van der Waals surface area contributed by atoms with Crippen LogP contribution in [-0.4, -0.2) is 39.8 Å². The molecule has 0 radical (unpaired) electrons. The van der Waals surface area contributed by atoms with E-state index in [1.54, 1.807) is 0 Å². The Morgan fingerprint density at radius 3 is 3.21 bits per heavy atom. The zero-order valence-electron chi connectivity index (χ0n) is 7.77. The van der Waals surface area contributed by atoms with E-state index in [1.807, 2.05) is 10.3 Å². The van der Waals surface area contributed by atoms with E-state index in [-0.39, 0.29) is 6.04 Å². The summed E-state index contributed by atoms with van der Waals surface area (Å²) in [6.07, 6.45) is -0.191. The van der Waals surface area contributed by atoms with Crippen LogP contribution in [0, 0.1) is 0 Å². The van der Waals surface area contributed by atoms with Gasteiger partial charge in [0.05, 0.1) is 5.69 Å². The maximum atomic E-state index is 13.1. The molecule has 0 aromatic carbocycles. The molecule has 0 aliphatic carbocycles. The smallest absolute Gasteiger partial charge is 0.114 e. The first kappa shape index (κ1) is 9.95. The van der Waals surface area contributed by atoms with Crippen molar-refractivity contribution in [3.8, 4) is 0 Å². The number of hydrogen-bond donors (Lipinski definition) is 1. The number of nitrogens with two attached hydrogens (primary N) is 1. The highest BCUT2D eigenvalue weighted by molar-refractivity contribution is 7.03. The zero-order chi connectivity index (χ0) is 9.97. The fourth-order valence-corrected chi connectivity index (χ4v) is 2.26. The first-order chi connectivity index (χ1) is 6.79. The third-order valence-corrected chi connectivity index (χ3v) is 3.07. The highest BCUT2D eigenvalue weighted by atomic mass is 32.1. The molecule has 1 aliphatic heterocycles. The number of halogens is 1. The van der Waals surface area contributed by atoms with Crippen LogP contribution in [0.4, 0.5) is 4.39 Å². The Morgan fingerprint density at radius 2 is 2.57 bits per heavy atom. The van der Waals surface area contributed by atoms with Gasteiger partial charge in [-0.15, -0.1) is 5.10 Å². The average Bonchev–Trinajstić information content (AvgIpc) is 2.76. The fourth-order valence-electron chi connectivity index (χ4n) is 1.82. The van der Waals surface area contributed by atoms with Crippen molar-refractivity contribution in [2.75, 3.05) is 13.1 Å². The summed E-state index contributed by atoms with van der Waals surface area (Å²) in [5.41, 5.74) is 6.48. The van der Waals surface area contributed by atoms with E-state index in [0.717, 1.165) is 5.69 Å². The highest BCUT2D eigenvalue weighted by Gasteiger charge is 2.31. The molecule has 0 spiro atoms. The second-order valence-electron chi connectivity index (χ2n) is 3.55. The maximum Gasteiger partial charge on any atom is 0.114 e. The van der Waals surface area contributed by atoms with Gasteiger partial charge in [0.15, 0.2) is 0 Å². The van der Waals surface area contributed by atoms with Crippen LogP contribution < -0.4 is 5.73 Å². The van der Waals surface area contributed by atoms with E-state index >= 15 is 0 Å². The Morgan fingerprint density at radius 1 is 1.71 bits per heavy atom. The predicted molar refractivity (Wildman–Crippen MR) is 52.7 cm³/mol. The molecular weight excluding hydrogens is 203 g/mol. The van der Waals surface area contributed by atoms with Crippen LogP contribution in [0.25, 0.3) is 0 Å². The largest absolute Gasteiger partial charge is 0.329 e. The standard InChI is InChI=1S/C8H13FN4S/c9-6-1-8(2-10)13(3-6)4-7-5-14-12-11-7/h5-6,8H,1-4,10H2/t6-,8+/m1/s1. The molecule has 2 heterocycles. The van der Waals surface area contributed by atoms with Crippen LogP contribution in [0.1, 0.15) is 12.1 Å². The summed E-state index contributed by atoms with van der Waals surface area (Å²) < 4.78 is 16.9. The van der Waals surface area contributed by atoms with Crippen LogP contribution in [0.5, 0.6) is 0 Å². The minimum absolute atomic E-state index is 0.159. The highest BCUT2D eigenvalue weighted by Crippen LogP contribution is 2.21. The van der Waals surface area contributed by atoms with Crippen molar-refractivity contribution in [2.45, 2.75) is 25.2 Å². The number of aromatic nitrogens is 2. The minimum atomic E-state index is -0.741. The molecule has 14 heavy (non-hydrogen) atoms. The van der Waals surface area contributed by atoms with Crippen LogP contribution in [0.3, 0.4) is 0 Å². The quantitative estimate of drug-likeness (QED) is 0.795. The summed E-state index contributed by atoms with van der Waals surface area (Å²) in [6.45, 7) is 1.65. The molecule has 0 amide bonds. The molecule has 78 valence electrons. The molecule has 1 aliphatic rings. The van der Waals surface area contributed by atoms with Crippen molar-refractivity contribution < 1.29 is 4.39 Å². The van der Waals surface area contributed by atoms with Crippen molar-refractivity contribution in [3.63, 3.8) is 0 Å². The van der Waals surface area contributed by atoms with Crippen LogP contribution >= 0.6 is 11.5 Å². The van der Waals surface area contributed by atoms with Crippen LogP contribution in [-0.2, 0) is 6.54 Å². The summed E-state index contributed by atoms with van der Waals surface area (Å²) in [4.78, 5) is 2.04. The van der Waals surface area contributed by atoms with Gasteiger partial charge < -0.3 is 5.73 Å². The van der Waals surface area contributed by atoms with E-state index in [2.05, 4.69) is 9.59 Å². The monoisotopic (exact) mass is 216 g/mol. The Labute approximate surface area is 86.1 Å². The van der Waals surface area contributed by atoms with E-state index in [1.165, 1.54) is 11.5 Å². The second-order valence-corrected chi connectivity index (χ2v) is 4.16. The topological polar surface area (TPSA) is 55.0 Å². The Bertz CT molecular complexity index is 279. The van der Waals surface area contributed by atoms with Crippen LogP contribution in [0.2, 0.25) is 0 Å². The molecule has 4 nitrogen and oxygen atoms in total. The Hall–Kier alpha value is -0.590. The van der Waals surface area contributed by atoms with E-state index < -0.39 is 6.17 Å². The second kappa shape index (κ2) is 4.29. The third kappa shape index (κ3) is 2.08. The molecule has 1 aromatic heterocycles. The van der Waals surface area contributed by atoms with Gasteiger partial charge in [-0.3, -0.25) is 4.90 Å². The SMILES string of the molecule is NC[C@@H]1C[C@@H](F)CN1Cc1csnn1. The van der Waals surface area contributed by atoms with Gasteiger partial charge in [-0.05, 0) is 18.0 Å².